The molecule has 8 nitrogen and oxygen atoms in total. The van der Waals surface area contributed by atoms with Crippen LogP contribution in [0.3, 0.4) is 0 Å². The van der Waals surface area contributed by atoms with E-state index in [0.717, 1.165) is 0 Å². The highest BCUT2D eigenvalue weighted by atomic mass is 19.3. The van der Waals surface area contributed by atoms with Crippen molar-refractivity contribution in [3.63, 3.8) is 0 Å². The molecule has 0 spiro atoms. The first-order valence-electron chi connectivity index (χ1n) is 8.98. The maximum atomic E-state index is 14.7. The van der Waals surface area contributed by atoms with E-state index in [0.29, 0.717) is 0 Å². The monoisotopic (exact) mass is 588 g/mol. The lowest BCUT2D eigenvalue weighted by atomic mass is 9.87. The Bertz CT molecular complexity index is 1360. The molecule has 0 fully saturated rings. The fourth-order valence-electron chi connectivity index (χ4n) is 3.19. The zero-order valence-electron chi connectivity index (χ0n) is 17.5. The number of halogens is 12. The van der Waals surface area contributed by atoms with Gasteiger partial charge in [-0.15, -0.1) is 0 Å². The lowest BCUT2D eigenvalue weighted by Gasteiger charge is -2.34. The van der Waals surface area contributed by atoms with Crippen LogP contribution in [0.5, 0.6) is 0 Å². The largest absolute Gasteiger partial charge is 0.478 e. The molecule has 0 aliphatic rings. The van der Waals surface area contributed by atoms with Crippen molar-refractivity contribution in [2.24, 2.45) is 0 Å². The molecule has 2 rings (SSSR count). The minimum absolute atomic E-state index is 2.58. The normalized spacial score (nSPS) is 12.4. The van der Waals surface area contributed by atoms with Crippen molar-refractivity contribution >= 4 is 23.9 Å². The minimum Gasteiger partial charge on any atom is -0.478 e. The molecule has 0 aliphatic carbocycles. The second-order valence-electron chi connectivity index (χ2n) is 7.08. The van der Waals surface area contributed by atoms with Crippen LogP contribution in [-0.4, -0.2) is 50.2 Å². The van der Waals surface area contributed by atoms with Gasteiger partial charge in [0.2, 0.25) is 0 Å². The lowest BCUT2D eigenvalue weighted by molar-refractivity contribution is -0.324. The van der Waals surface area contributed by atoms with Gasteiger partial charge in [-0.2, -0.15) is 26.3 Å². The third-order valence-electron chi connectivity index (χ3n) is 4.91. The molecule has 0 heterocycles. The van der Waals surface area contributed by atoms with Crippen molar-refractivity contribution in [1.82, 2.24) is 0 Å². The Morgan fingerprint density at radius 2 is 0.615 bits per heavy atom. The molecule has 212 valence electrons. The Hall–Kier alpha value is -4.52. The van der Waals surface area contributed by atoms with Gasteiger partial charge in [0.25, 0.3) is 0 Å². The van der Waals surface area contributed by atoms with Crippen molar-refractivity contribution < 1.29 is 92.3 Å². The summed E-state index contributed by atoms with van der Waals surface area (Å²) in [5.74, 6) is -55.2. The summed E-state index contributed by atoms with van der Waals surface area (Å²) >= 11 is 0. The van der Waals surface area contributed by atoms with Crippen LogP contribution in [0, 0.1) is 34.9 Å². The Balaban J connectivity index is 3.07. The highest BCUT2D eigenvalue weighted by Gasteiger charge is 2.76. The Morgan fingerprint density at radius 1 is 0.410 bits per heavy atom. The Kier molecular flexibility index (Phi) is 7.36. The van der Waals surface area contributed by atoms with E-state index < -0.39 is 110 Å². The second-order valence-corrected chi connectivity index (χ2v) is 7.08. The minimum atomic E-state index is -7.66. The van der Waals surface area contributed by atoms with E-state index >= 15 is 0 Å². The Morgan fingerprint density at radius 3 is 0.821 bits per heavy atom. The first-order valence-corrected chi connectivity index (χ1v) is 8.98. The van der Waals surface area contributed by atoms with Crippen LogP contribution in [0.25, 0.3) is 0 Å². The number of carboxylic acids is 4. The van der Waals surface area contributed by atoms with Gasteiger partial charge in [-0.25, -0.2) is 45.5 Å². The molecule has 0 aromatic heterocycles. The summed E-state index contributed by atoms with van der Waals surface area (Å²) in [7, 11) is 0. The first kappa shape index (κ1) is 30.7. The fraction of sp³-hybridized carbons (Fsp3) is 0.158. The number of alkyl halides is 6. The van der Waals surface area contributed by atoms with Gasteiger partial charge in [0.1, 0.15) is 33.4 Å². The van der Waals surface area contributed by atoms with E-state index in [-0.39, 0.29) is 0 Å². The lowest BCUT2D eigenvalue weighted by Crippen LogP contribution is -2.52. The van der Waals surface area contributed by atoms with Crippen molar-refractivity contribution in [3.05, 3.63) is 68.3 Å². The zero-order chi connectivity index (χ0) is 30.7. The summed E-state index contributed by atoms with van der Waals surface area (Å²) in [5, 5.41) is 34.9. The van der Waals surface area contributed by atoms with Crippen LogP contribution < -0.4 is 0 Å². The molecule has 39 heavy (non-hydrogen) atoms. The van der Waals surface area contributed by atoms with Gasteiger partial charge < -0.3 is 20.4 Å². The summed E-state index contributed by atoms with van der Waals surface area (Å²) in [6.07, 6.45) is 0. The van der Waals surface area contributed by atoms with Gasteiger partial charge in [-0.05, 0) is 0 Å². The summed E-state index contributed by atoms with van der Waals surface area (Å²) < 4.78 is 173. The molecular weight excluding hydrogens is 584 g/mol. The predicted octanol–water partition coefficient (Wildman–Crippen LogP) is 4.83. The number of carboxylic acid groups (broad SMARTS) is 4. The third-order valence-corrected chi connectivity index (χ3v) is 4.91. The average Bonchev–Trinajstić information content (AvgIpc) is 2.76. The highest BCUT2D eigenvalue weighted by Crippen LogP contribution is 2.58. The predicted molar refractivity (Wildman–Crippen MR) is 93.2 cm³/mol. The fourth-order valence-corrected chi connectivity index (χ4v) is 3.19. The number of carbonyl (C=O) groups is 4. The van der Waals surface area contributed by atoms with E-state index in [9.17, 15) is 71.9 Å². The van der Waals surface area contributed by atoms with E-state index in [1.54, 1.807) is 0 Å². The molecule has 0 aliphatic heterocycles. The highest BCUT2D eigenvalue weighted by molar-refractivity contribution is 6.03. The molecule has 0 amide bonds. The van der Waals surface area contributed by atoms with E-state index in [1.807, 2.05) is 0 Å². The molecule has 0 atom stereocenters. The number of benzene rings is 2. The third kappa shape index (κ3) is 4.14. The summed E-state index contributed by atoms with van der Waals surface area (Å²) in [4.78, 5) is 44.0. The van der Waals surface area contributed by atoms with Crippen LogP contribution in [-0.2, 0) is 11.8 Å². The van der Waals surface area contributed by atoms with Gasteiger partial charge in [-0.1, -0.05) is 0 Å². The van der Waals surface area contributed by atoms with Crippen LogP contribution in [0.4, 0.5) is 52.7 Å². The van der Waals surface area contributed by atoms with E-state index in [1.165, 1.54) is 0 Å². The van der Waals surface area contributed by atoms with E-state index in [2.05, 4.69) is 0 Å². The topological polar surface area (TPSA) is 149 Å². The van der Waals surface area contributed by atoms with Crippen LogP contribution in [0.2, 0.25) is 0 Å². The zero-order valence-corrected chi connectivity index (χ0v) is 17.5. The van der Waals surface area contributed by atoms with Gasteiger partial charge in [-0.3, -0.25) is 0 Å². The molecule has 0 radical (unpaired) electrons. The number of rotatable bonds is 8. The number of aromatic carboxylic acids is 4. The maximum Gasteiger partial charge on any atom is 0.381 e. The van der Waals surface area contributed by atoms with Gasteiger partial charge in [0.15, 0.2) is 34.9 Å². The molecule has 4 N–H and O–H groups in total. The molecule has 2 aromatic carbocycles. The molecule has 2 aromatic rings. The van der Waals surface area contributed by atoms with Crippen molar-refractivity contribution in [2.45, 2.75) is 17.8 Å². The van der Waals surface area contributed by atoms with Crippen molar-refractivity contribution in [1.29, 1.82) is 0 Å². The second kappa shape index (κ2) is 9.34. The molecular formula is C19H4F12O8. The van der Waals surface area contributed by atoms with Crippen molar-refractivity contribution in [2.75, 3.05) is 0 Å². The van der Waals surface area contributed by atoms with Crippen LogP contribution in [0.1, 0.15) is 52.6 Å². The number of hydrogen-bond acceptors (Lipinski definition) is 4. The quantitative estimate of drug-likeness (QED) is 0.253. The number of hydrogen-bond donors (Lipinski definition) is 4. The first-order chi connectivity index (χ1) is 17.5. The van der Waals surface area contributed by atoms with E-state index in [4.69, 9.17) is 20.4 Å². The van der Waals surface area contributed by atoms with Gasteiger partial charge >= 0.3 is 41.6 Å². The summed E-state index contributed by atoms with van der Waals surface area (Å²) in [6, 6.07) is 0. The smallest absolute Gasteiger partial charge is 0.381 e. The molecule has 0 unspecified atom stereocenters. The molecule has 0 saturated carbocycles. The van der Waals surface area contributed by atoms with Crippen LogP contribution >= 0.6 is 0 Å². The maximum absolute atomic E-state index is 14.7. The molecule has 0 saturated heterocycles. The van der Waals surface area contributed by atoms with Gasteiger partial charge in [0.05, 0.1) is 0 Å². The summed E-state index contributed by atoms with van der Waals surface area (Å²) in [6.45, 7) is 0. The summed E-state index contributed by atoms with van der Waals surface area (Å²) in [5.41, 5.74) is -18.5. The Labute approximate surface area is 203 Å². The average molecular weight is 588 g/mol. The molecule has 20 heteroatoms. The molecule has 0 bridgehead atoms. The van der Waals surface area contributed by atoms with Crippen LogP contribution in [0.15, 0.2) is 0 Å². The van der Waals surface area contributed by atoms with Crippen molar-refractivity contribution in [3.8, 4) is 0 Å². The van der Waals surface area contributed by atoms with Gasteiger partial charge in [0, 0.05) is 0 Å². The standard InChI is InChI=1S/C19H4F12O8/c20-7-1(13(32)33)3(15(36)37)9(22)11(24)5(7)17(26,27)19(30,31)18(28,29)6-8(21)2(14(34)35)4(16(38)39)10(23)12(6)25/h(H,32,33)(H,34,35)(H,36,37)(H,38,39). The SMILES string of the molecule is O=C(O)c1c(F)c(F)c(C(F)(F)C(F)(F)C(F)(F)c2c(F)c(F)c(C(=O)O)c(C(=O)O)c2F)c(F)c1C(=O)O.